The number of likely N-dealkylation sites (tertiary alicyclic amines) is 2. The fraction of sp³-hybridized carbons (Fsp3) is 0.333. The Balaban J connectivity index is 0.000000452. The molecule has 11 nitrogen and oxygen atoms in total. The zero-order valence-corrected chi connectivity index (χ0v) is 25.3. The average Bonchev–Trinajstić information content (AvgIpc) is 3.77. The summed E-state index contributed by atoms with van der Waals surface area (Å²) in [5, 5.41) is 3.83. The molecule has 2 aromatic carbocycles. The first-order valence-electron chi connectivity index (χ1n) is 14.2. The predicted molar refractivity (Wildman–Crippen MR) is 167 cm³/mol. The van der Waals surface area contributed by atoms with E-state index in [1.807, 2.05) is 11.9 Å². The molecule has 1 unspecified atom stereocenters. The Labute approximate surface area is 260 Å². The first kappa shape index (κ1) is 30.6. The van der Waals surface area contributed by atoms with Gasteiger partial charge in [-0.3, -0.25) is 4.79 Å². The normalized spacial score (nSPS) is 16.9. The molecule has 2 saturated heterocycles. The quantitative estimate of drug-likeness (QED) is 0.246. The highest BCUT2D eigenvalue weighted by atomic mass is 32.1. The van der Waals surface area contributed by atoms with Gasteiger partial charge in [0, 0.05) is 48.3 Å². The van der Waals surface area contributed by atoms with Gasteiger partial charge in [0.2, 0.25) is 5.91 Å². The Bertz CT molecular complexity index is 1860. The zero-order chi connectivity index (χ0) is 31.8. The van der Waals surface area contributed by atoms with E-state index in [0.717, 1.165) is 24.3 Å². The maximum absolute atomic E-state index is 16.6. The Hall–Kier alpha value is -4.47. The van der Waals surface area contributed by atoms with Crippen LogP contribution in [0.1, 0.15) is 6.42 Å². The van der Waals surface area contributed by atoms with Gasteiger partial charge in [0.1, 0.15) is 23.3 Å². The minimum atomic E-state index is -0.671. The molecule has 7 rings (SSSR count). The van der Waals surface area contributed by atoms with Gasteiger partial charge in [-0.25, -0.2) is 18.2 Å². The lowest BCUT2D eigenvalue weighted by atomic mass is 9.92. The molecule has 15 heteroatoms. The first-order valence-corrected chi connectivity index (χ1v) is 15.0. The van der Waals surface area contributed by atoms with Crippen LogP contribution in [0.2, 0.25) is 0 Å². The van der Waals surface area contributed by atoms with E-state index in [0.29, 0.717) is 47.5 Å². The molecule has 236 valence electrons. The molecule has 2 aliphatic rings. The number of thiazole rings is 1. The molecular formula is C30H31F3N8O3S. The molecule has 0 bridgehead atoms. The molecule has 5 N–H and O–H groups in total. The second kappa shape index (κ2) is 12.5. The monoisotopic (exact) mass is 640 g/mol. The molecule has 1 atom stereocenters. The van der Waals surface area contributed by atoms with Crippen molar-refractivity contribution >= 4 is 49.3 Å². The topological polar surface area (TPSA) is 149 Å². The van der Waals surface area contributed by atoms with Crippen LogP contribution in [0.15, 0.2) is 41.2 Å². The number of nitrogens with two attached hydrogens (primary N) is 2. The maximum atomic E-state index is 16.6. The number of hydrogen-bond acceptors (Lipinski definition) is 11. The third-order valence-electron chi connectivity index (χ3n) is 7.79. The lowest BCUT2D eigenvalue weighted by Crippen LogP contribution is -2.58. The highest BCUT2D eigenvalue weighted by Crippen LogP contribution is 2.44. The number of fused-ring (bicyclic) bond motifs is 2. The summed E-state index contributed by atoms with van der Waals surface area (Å²) in [4.78, 5) is 28.5. The molecule has 2 aliphatic heterocycles. The zero-order valence-electron chi connectivity index (χ0n) is 24.5. The van der Waals surface area contributed by atoms with E-state index in [-0.39, 0.29) is 50.9 Å². The maximum Gasteiger partial charge on any atom is 0.318 e. The highest BCUT2D eigenvalue weighted by Gasteiger charge is 2.31. The Morgan fingerprint density at radius 2 is 1.96 bits per heavy atom. The average molecular weight is 641 g/mol. The summed E-state index contributed by atoms with van der Waals surface area (Å²) in [6.07, 6.45) is 3.14. The number of rotatable bonds is 6. The number of aromatic nitrogens is 3. The minimum Gasteiger partial charge on any atom is -0.472 e. The van der Waals surface area contributed by atoms with Crippen LogP contribution in [0.3, 0.4) is 0 Å². The van der Waals surface area contributed by atoms with Crippen LogP contribution in [0.5, 0.6) is 6.01 Å². The number of halogens is 3. The lowest BCUT2D eigenvalue weighted by Gasteiger charge is -2.39. The number of nitrogens with zero attached hydrogens (tertiary/aromatic N) is 5. The van der Waals surface area contributed by atoms with Crippen molar-refractivity contribution in [1.82, 2.24) is 24.8 Å². The van der Waals surface area contributed by atoms with Gasteiger partial charge >= 0.3 is 6.01 Å². The SMILES string of the molecule is CN1CCC(F)C1.COc1nc(NC2CN(C(=O)CN)C2)c2cc(-c3ccoc3)c(-c3ccc(F)c4sc(N)nc34)c(F)c2n1. The van der Waals surface area contributed by atoms with Crippen LogP contribution in [-0.4, -0.2) is 89.8 Å². The van der Waals surface area contributed by atoms with Gasteiger partial charge < -0.3 is 35.7 Å². The number of benzene rings is 2. The molecule has 0 saturated carbocycles. The van der Waals surface area contributed by atoms with E-state index in [9.17, 15) is 13.6 Å². The Morgan fingerprint density at radius 1 is 1.16 bits per heavy atom. The number of alkyl halides is 1. The van der Waals surface area contributed by atoms with Crippen molar-refractivity contribution in [3.05, 3.63) is 48.4 Å². The van der Waals surface area contributed by atoms with Crippen molar-refractivity contribution in [1.29, 1.82) is 0 Å². The number of nitrogens with one attached hydrogen (secondary N) is 1. The van der Waals surface area contributed by atoms with E-state index in [1.54, 1.807) is 17.0 Å². The predicted octanol–water partition coefficient (Wildman–Crippen LogP) is 4.28. The summed E-state index contributed by atoms with van der Waals surface area (Å²) in [7, 11) is 3.33. The smallest absolute Gasteiger partial charge is 0.318 e. The van der Waals surface area contributed by atoms with Gasteiger partial charge in [0.25, 0.3) is 0 Å². The van der Waals surface area contributed by atoms with E-state index < -0.39 is 17.8 Å². The van der Waals surface area contributed by atoms with Gasteiger partial charge in [0.05, 0.1) is 42.4 Å². The number of furan rings is 1. The van der Waals surface area contributed by atoms with Gasteiger partial charge in [-0.1, -0.05) is 11.3 Å². The van der Waals surface area contributed by atoms with Gasteiger partial charge in [-0.15, -0.1) is 0 Å². The molecule has 0 radical (unpaired) electrons. The van der Waals surface area contributed by atoms with Crippen molar-refractivity contribution in [3.63, 3.8) is 0 Å². The van der Waals surface area contributed by atoms with E-state index >= 15 is 4.39 Å². The van der Waals surface area contributed by atoms with Crippen molar-refractivity contribution in [2.75, 3.05) is 57.9 Å². The third kappa shape index (κ3) is 5.98. The number of methoxy groups -OCH3 is 1. The molecule has 0 aliphatic carbocycles. The summed E-state index contributed by atoms with van der Waals surface area (Å²) in [6.45, 7) is 2.36. The number of nitrogen functional groups attached to an aromatic ring is 1. The summed E-state index contributed by atoms with van der Waals surface area (Å²) in [6, 6.07) is 6.00. The lowest BCUT2D eigenvalue weighted by molar-refractivity contribution is -0.133. The van der Waals surface area contributed by atoms with Gasteiger partial charge in [-0.2, -0.15) is 9.97 Å². The van der Waals surface area contributed by atoms with E-state index in [1.165, 1.54) is 31.8 Å². The minimum absolute atomic E-state index is 0.00325. The van der Waals surface area contributed by atoms with E-state index in [2.05, 4.69) is 20.3 Å². The van der Waals surface area contributed by atoms with Crippen LogP contribution in [0.25, 0.3) is 43.4 Å². The van der Waals surface area contributed by atoms with Crippen molar-refractivity contribution in [2.45, 2.75) is 18.6 Å². The van der Waals surface area contributed by atoms with Crippen molar-refractivity contribution in [2.24, 2.45) is 5.73 Å². The largest absolute Gasteiger partial charge is 0.472 e. The number of anilines is 2. The van der Waals surface area contributed by atoms with Crippen LogP contribution in [0.4, 0.5) is 24.1 Å². The molecule has 5 heterocycles. The van der Waals surface area contributed by atoms with Crippen molar-refractivity contribution < 1.29 is 27.1 Å². The number of amides is 1. The second-order valence-corrected chi connectivity index (χ2v) is 11.9. The fourth-order valence-electron chi connectivity index (χ4n) is 5.49. The summed E-state index contributed by atoms with van der Waals surface area (Å²) in [5.74, 6) is -0.980. The first-order chi connectivity index (χ1) is 21.7. The fourth-order valence-corrected chi connectivity index (χ4v) is 6.25. The summed E-state index contributed by atoms with van der Waals surface area (Å²) < 4.78 is 54.0. The molecule has 3 aromatic heterocycles. The molecular weight excluding hydrogens is 609 g/mol. The van der Waals surface area contributed by atoms with Gasteiger partial charge in [0.15, 0.2) is 10.9 Å². The van der Waals surface area contributed by atoms with Crippen LogP contribution >= 0.6 is 11.3 Å². The van der Waals surface area contributed by atoms with E-state index in [4.69, 9.17) is 20.6 Å². The summed E-state index contributed by atoms with van der Waals surface area (Å²) >= 11 is 0.988. The second-order valence-electron chi connectivity index (χ2n) is 10.9. The number of ether oxygens (including phenoxy) is 1. The summed E-state index contributed by atoms with van der Waals surface area (Å²) in [5.41, 5.74) is 13.1. The number of carbonyl (C=O) groups is 1. The molecule has 2 fully saturated rings. The Kier molecular flexibility index (Phi) is 8.48. The number of carbonyl (C=O) groups excluding carboxylic acids is 1. The van der Waals surface area contributed by atoms with Gasteiger partial charge in [-0.05, 0) is 43.3 Å². The standard InChI is InChI=1S/C25H21F2N7O3S.C5H10FN/c1-36-25-32-20-15(23(33-25)30-12-8-34(9-12)17(35)7-28)6-14(11-4-5-37-10-11)18(19(20)27)13-2-3-16(26)22-21(13)31-24(29)38-22;1-7-3-2-5(6)4-7/h2-6,10,12H,7-9,28H2,1H3,(H2,29,31)(H,30,32,33);5H,2-4H2,1H3. The van der Waals surface area contributed by atoms with Crippen LogP contribution < -0.4 is 21.5 Å². The number of hydrogen-bond donors (Lipinski definition) is 3. The van der Waals surface area contributed by atoms with Crippen LogP contribution in [0, 0.1) is 11.6 Å². The molecule has 1 amide bonds. The molecule has 5 aromatic rings. The van der Waals surface area contributed by atoms with Crippen molar-refractivity contribution in [3.8, 4) is 28.3 Å². The third-order valence-corrected chi connectivity index (χ3v) is 8.68. The highest BCUT2D eigenvalue weighted by molar-refractivity contribution is 7.22. The Morgan fingerprint density at radius 3 is 2.58 bits per heavy atom. The van der Waals surface area contributed by atoms with Crippen LogP contribution in [-0.2, 0) is 4.79 Å². The molecule has 0 spiro atoms. The molecule has 45 heavy (non-hydrogen) atoms.